The van der Waals surface area contributed by atoms with E-state index < -0.39 is 24.6 Å². The van der Waals surface area contributed by atoms with Crippen molar-refractivity contribution in [3.05, 3.63) is 72.1 Å². The summed E-state index contributed by atoms with van der Waals surface area (Å²) < 4.78 is 34.7. The number of carbonyl (C=O) groups excluding carboxylic acids is 1. The predicted molar refractivity (Wildman–Crippen MR) is 94.4 cm³/mol. The summed E-state index contributed by atoms with van der Waals surface area (Å²) in [5.74, 6) is -0.354. The Bertz CT molecular complexity index is 950. The zero-order valence-corrected chi connectivity index (χ0v) is 14.8. The Morgan fingerprint density at radius 3 is 2.64 bits per heavy atom. The van der Waals surface area contributed by atoms with E-state index in [0.29, 0.717) is 5.56 Å². The molecule has 0 aliphatic carbocycles. The van der Waals surface area contributed by atoms with E-state index in [0.717, 1.165) is 10.5 Å². The fourth-order valence-corrected chi connectivity index (χ4v) is 3.23. The Balaban J connectivity index is 1.61. The monoisotopic (exact) mass is 385 g/mol. The van der Waals surface area contributed by atoms with Gasteiger partial charge in [-0.25, -0.2) is 4.68 Å². The van der Waals surface area contributed by atoms with Crippen molar-refractivity contribution < 1.29 is 18.3 Å². The summed E-state index contributed by atoms with van der Waals surface area (Å²) in [5, 5.41) is 11.1. The minimum Gasteiger partial charge on any atom is -0.431 e. The summed E-state index contributed by atoms with van der Waals surface area (Å²) in [6, 6.07) is 15.2. The number of halogens is 2. The molecule has 0 saturated heterocycles. The van der Waals surface area contributed by atoms with Gasteiger partial charge in [0.25, 0.3) is 0 Å². The molecule has 1 unspecified atom stereocenters. The van der Waals surface area contributed by atoms with E-state index in [-0.39, 0.29) is 18.7 Å². The van der Waals surface area contributed by atoms with Gasteiger partial charge in [-0.3, -0.25) is 4.79 Å². The van der Waals surface area contributed by atoms with Crippen molar-refractivity contribution in [2.45, 2.75) is 25.1 Å². The summed E-state index contributed by atoms with van der Waals surface area (Å²) in [7, 11) is 0. The van der Waals surface area contributed by atoms with Gasteiger partial charge in [0.05, 0.1) is 12.5 Å². The van der Waals surface area contributed by atoms with Gasteiger partial charge in [0.2, 0.25) is 5.91 Å². The quantitative estimate of drug-likeness (QED) is 0.690. The smallest absolute Gasteiger partial charge is 0.416 e. The summed E-state index contributed by atoms with van der Waals surface area (Å²) in [6.07, 6.45) is -2.13. The molecule has 1 amide bonds. The van der Waals surface area contributed by atoms with E-state index in [4.69, 9.17) is 4.74 Å². The van der Waals surface area contributed by atoms with E-state index in [1.807, 2.05) is 30.3 Å². The Labute approximate surface area is 159 Å². The molecule has 3 aromatic rings. The Morgan fingerprint density at radius 1 is 1.14 bits per heavy atom. The lowest BCUT2D eigenvalue weighted by Gasteiger charge is -2.25. The molecule has 0 N–H and O–H groups in total. The van der Waals surface area contributed by atoms with Gasteiger partial charge >= 0.3 is 6.11 Å². The first kappa shape index (κ1) is 18.0. The fourth-order valence-electron chi connectivity index (χ4n) is 3.23. The van der Waals surface area contributed by atoms with Gasteiger partial charge in [0, 0.05) is 12.1 Å². The highest BCUT2D eigenvalue weighted by Crippen LogP contribution is 2.32. The van der Waals surface area contributed by atoms with Crippen LogP contribution in [0.4, 0.5) is 8.78 Å². The maximum Gasteiger partial charge on any atom is 0.416 e. The van der Waals surface area contributed by atoms with Crippen LogP contribution in [0.5, 0.6) is 5.75 Å². The van der Waals surface area contributed by atoms with Crippen LogP contribution < -0.4 is 4.74 Å². The highest BCUT2D eigenvalue weighted by Gasteiger charge is 2.40. The number of hydrogen-bond donors (Lipinski definition) is 0. The summed E-state index contributed by atoms with van der Waals surface area (Å²) in [6.45, 7) is -0.778. The highest BCUT2D eigenvalue weighted by molar-refractivity contribution is 5.77. The second-order valence-electron chi connectivity index (χ2n) is 6.52. The van der Waals surface area contributed by atoms with Gasteiger partial charge in [-0.05, 0) is 22.1 Å². The Morgan fingerprint density at radius 2 is 1.89 bits per heavy atom. The van der Waals surface area contributed by atoms with Gasteiger partial charge in [0.15, 0.2) is 0 Å². The minimum absolute atomic E-state index is 0.0434. The molecule has 2 heterocycles. The number of alkyl halides is 2. The van der Waals surface area contributed by atoms with Crippen molar-refractivity contribution >= 4 is 5.91 Å². The molecular weight excluding hydrogens is 368 g/mol. The third-order valence-electron chi connectivity index (χ3n) is 4.56. The number of nitrogens with zero attached hydrogens (tertiary/aromatic N) is 5. The zero-order chi connectivity index (χ0) is 19.6. The number of fused-ring (bicyclic) bond motifs is 1. The molecule has 7 nitrogen and oxygen atoms in total. The fraction of sp³-hybridized carbons (Fsp3) is 0.263. The largest absolute Gasteiger partial charge is 0.431 e. The van der Waals surface area contributed by atoms with Crippen LogP contribution in [-0.2, 0) is 11.3 Å². The molecule has 144 valence electrons. The van der Waals surface area contributed by atoms with Crippen molar-refractivity contribution in [3.8, 4) is 5.75 Å². The number of amides is 1. The van der Waals surface area contributed by atoms with E-state index in [9.17, 15) is 13.6 Å². The summed E-state index contributed by atoms with van der Waals surface area (Å²) >= 11 is 0. The van der Waals surface area contributed by atoms with Crippen molar-refractivity contribution in [2.24, 2.45) is 0 Å². The summed E-state index contributed by atoms with van der Waals surface area (Å²) in [4.78, 5) is 14.1. The topological polar surface area (TPSA) is 73.1 Å². The molecule has 0 radical (unpaired) electrons. The molecule has 1 aliphatic heterocycles. The number of rotatable bonds is 4. The van der Waals surface area contributed by atoms with Crippen molar-refractivity contribution in [1.82, 2.24) is 25.1 Å². The molecule has 0 bridgehead atoms. The van der Waals surface area contributed by atoms with Crippen LogP contribution in [-0.4, -0.2) is 43.7 Å². The van der Waals surface area contributed by atoms with E-state index in [1.165, 1.54) is 17.1 Å². The molecule has 0 fully saturated rings. The molecule has 1 aromatic heterocycles. The molecule has 1 aliphatic rings. The first-order valence-corrected chi connectivity index (χ1v) is 8.72. The maximum absolute atomic E-state index is 14.2. The van der Waals surface area contributed by atoms with Crippen LogP contribution in [0, 0.1) is 0 Å². The van der Waals surface area contributed by atoms with Crippen molar-refractivity contribution in [3.63, 3.8) is 0 Å². The van der Waals surface area contributed by atoms with Crippen LogP contribution in [0.25, 0.3) is 0 Å². The number of ether oxygens (including phenoxy) is 1. The Kier molecular flexibility index (Phi) is 4.72. The molecule has 1 atom stereocenters. The molecular formula is C19H17F2N5O2. The number of carbonyl (C=O) groups is 1. The highest BCUT2D eigenvalue weighted by atomic mass is 19.3. The lowest BCUT2D eigenvalue weighted by molar-refractivity contribution is -0.188. The first-order chi connectivity index (χ1) is 13.5. The Hall–Kier alpha value is -3.36. The number of hydrogen-bond acceptors (Lipinski definition) is 5. The lowest BCUT2D eigenvalue weighted by atomic mass is 10.0. The molecule has 2 aromatic carbocycles. The third kappa shape index (κ3) is 3.83. The van der Waals surface area contributed by atoms with E-state index >= 15 is 0 Å². The number of tetrazole rings is 1. The summed E-state index contributed by atoms with van der Waals surface area (Å²) in [5.41, 5.74) is 1.34. The van der Waals surface area contributed by atoms with Crippen LogP contribution in [0.2, 0.25) is 0 Å². The molecule has 9 heteroatoms. The van der Waals surface area contributed by atoms with Gasteiger partial charge in [-0.15, -0.1) is 5.10 Å². The van der Waals surface area contributed by atoms with Crippen LogP contribution in [0.3, 0.4) is 0 Å². The second-order valence-corrected chi connectivity index (χ2v) is 6.52. The zero-order valence-electron chi connectivity index (χ0n) is 14.8. The second kappa shape index (κ2) is 7.34. The van der Waals surface area contributed by atoms with Crippen molar-refractivity contribution in [1.29, 1.82) is 0 Å². The van der Waals surface area contributed by atoms with Crippen LogP contribution in [0.15, 0.2) is 60.9 Å². The van der Waals surface area contributed by atoms with Crippen molar-refractivity contribution in [2.75, 3.05) is 6.54 Å². The number of aromatic nitrogens is 4. The van der Waals surface area contributed by atoms with Crippen LogP contribution >= 0.6 is 0 Å². The van der Waals surface area contributed by atoms with Gasteiger partial charge in [-0.2, -0.15) is 8.78 Å². The molecule has 0 spiro atoms. The van der Waals surface area contributed by atoms with Gasteiger partial charge < -0.3 is 9.64 Å². The average molecular weight is 385 g/mol. The van der Waals surface area contributed by atoms with E-state index in [1.54, 1.807) is 18.2 Å². The third-order valence-corrected chi connectivity index (χ3v) is 4.56. The van der Waals surface area contributed by atoms with E-state index in [2.05, 4.69) is 15.5 Å². The normalized spacial score (nSPS) is 16.6. The maximum atomic E-state index is 14.2. The van der Waals surface area contributed by atoms with Crippen LogP contribution in [0.1, 0.15) is 23.6 Å². The lowest BCUT2D eigenvalue weighted by Crippen LogP contribution is -2.42. The first-order valence-electron chi connectivity index (χ1n) is 8.72. The number of para-hydroxylation sites is 1. The van der Waals surface area contributed by atoms with Gasteiger partial charge in [-0.1, -0.05) is 48.5 Å². The minimum atomic E-state index is -3.47. The number of benzene rings is 2. The SMILES string of the molecule is O=C(CC(c1ccccc1)n1cnnn1)N1Cc2ccccc2OC(F)(F)C1. The molecule has 28 heavy (non-hydrogen) atoms. The molecule has 0 saturated carbocycles. The molecule has 4 rings (SSSR count). The standard InChI is InChI=1S/C19H17F2N5O2/c20-19(21)12-25(11-15-8-4-5-9-17(15)28-19)18(27)10-16(26-13-22-23-24-26)14-6-2-1-3-7-14/h1-9,13,16H,10-12H2. The van der Waals surface area contributed by atoms with Gasteiger partial charge in [0.1, 0.15) is 18.6 Å². The predicted octanol–water partition coefficient (Wildman–Crippen LogP) is 2.67. The average Bonchev–Trinajstić information content (AvgIpc) is 3.16.